The third kappa shape index (κ3) is 3.75. The third-order valence-electron chi connectivity index (χ3n) is 6.21. The Morgan fingerprint density at radius 3 is 2.41 bits per heavy atom. The van der Waals surface area contributed by atoms with Gasteiger partial charge < -0.3 is 9.88 Å². The number of nitrogens with zero attached hydrogens (tertiary/aromatic N) is 3. The summed E-state index contributed by atoms with van der Waals surface area (Å²) in [4.78, 5) is 44.4. The van der Waals surface area contributed by atoms with E-state index in [1.54, 1.807) is 12.1 Å². The van der Waals surface area contributed by atoms with Gasteiger partial charge in [0.1, 0.15) is 11.9 Å². The topological polar surface area (TPSA) is 84.3 Å². The zero-order chi connectivity index (χ0) is 23.8. The Bertz CT molecular complexity index is 1420. The van der Waals surface area contributed by atoms with Gasteiger partial charge in [-0.1, -0.05) is 54.1 Å². The van der Waals surface area contributed by atoms with E-state index in [9.17, 15) is 14.4 Å². The van der Waals surface area contributed by atoms with Crippen molar-refractivity contribution in [2.24, 2.45) is 7.05 Å². The van der Waals surface area contributed by atoms with Crippen LogP contribution < -0.4 is 5.32 Å². The minimum absolute atomic E-state index is 0.00225. The molecule has 1 aliphatic heterocycles. The molecule has 170 valence electrons. The van der Waals surface area contributed by atoms with Gasteiger partial charge in [0.25, 0.3) is 11.8 Å². The van der Waals surface area contributed by atoms with Crippen LogP contribution in [-0.4, -0.2) is 38.7 Å². The van der Waals surface area contributed by atoms with Gasteiger partial charge in [-0.2, -0.15) is 0 Å². The maximum atomic E-state index is 13.0. The second kappa shape index (κ2) is 8.59. The van der Waals surface area contributed by atoms with Crippen molar-refractivity contribution in [3.05, 3.63) is 101 Å². The number of imide groups is 1. The van der Waals surface area contributed by atoms with E-state index >= 15 is 0 Å². The summed E-state index contributed by atoms with van der Waals surface area (Å²) in [5, 5.41) is 3.06. The van der Waals surface area contributed by atoms with E-state index in [0.717, 1.165) is 27.1 Å². The van der Waals surface area contributed by atoms with Crippen LogP contribution in [0.25, 0.3) is 11.0 Å². The third-order valence-corrected chi connectivity index (χ3v) is 6.21. The van der Waals surface area contributed by atoms with E-state index in [4.69, 9.17) is 4.98 Å². The first-order valence-electron chi connectivity index (χ1n) is 11.2. The number of aryl methyl sites for hydroxylation is 2. The van der Waals surface area contributed by atoms with Crippen LogP contribution in [0.5, 0.6) is 0 Å². The Kier molecular flexibility index (Phi) is 5.45. The molecular formula is C27H24N4O3. The van der Waals surface area contributed by atoms with Gasteiger partial charge in [0.15, 0.2) is 0 Å². The number of rotatable bonds is 6. The Balaban J connectivity index is 1.36. The standard InChI is InChI=1S/C27H24N4O3/c1-17-12-13-19-20(16-17)27(34)31(26(19)33)15-14-23(32)29-24(18-8-4-3-5-9-18)25-28-21-10-6-7-11-22(21)30(25)2/h3-13,16,24H,14-15H2,1-2H3,(H,29,32). The molecule has 0 spiro atoms. The van der Waals surface area contributed by atoms with Crippen molar-refractivity contribution in [1.29, 1.82) is 0 Å². The second-order valence-electron chi connectivity index (χ2n) is 8.49. The van der Waals surface area contributed by atoms with Crippen LogP contribution in [0.2, 0.25) is 0 Å². The number of aromatic nitrogens is 2. The van der Waals surface area contributed by atoms with E-state index in [1.807, 2.05) is 79.2 Å². The summed E-state index contributed by atoms with van der Waals surface area (Å²) >= 11 is 0. The largest absolute Gasteiger partial charge is 0.342 e. The number of imidazole rings is 1. The zero-order valence-corrected chi connectivity index (χ0v) is 19.0. The van der Waals surface area contributed by atoms with Crippen LogP contribution in [0.4, 0.5) is 0 Å². The number of carbonyl (C=O) groups excluding carboxylic acids is 3. The number of fused-ring (bicyclic) bond motifs is 2. The van der Waals surface area contributed by atoms with E-state index in [0.29, 0.717) is 17.0 Å². The van der Waals surface area contributed by atoms with Crippen LogP contribution in [0.3, 0.4) is 0 Å². The molecule has 0 aliphatic carbocycles. The molecule has 7 heteroatoms. The highest BCUT2D eigenvalue weighted by molar-refractivity contribution is 6.21. The summed E-state index contributed by atoms with van der Waals surface area (Å²) in [5.74, 6) is -0.278. The van der Waals surface area contributed by atoms with Crippen molar-refractivity contribution >= 4 is 28.8 Å². The van der Waals surface area contributed by atoms with Crippen molar-refractivity contribution in [3.8, 4) is 0 Å². The molecule has 34 heavy (non-hydrogen) atoms. The number of hydrogen-bond acceptors (Lipinski definition) is 4. The number of amides is 3. The lowest BCUT2D eigenvalue weighted by atomic mass is 10.1. The summed E-state index contributed by atoms with van der Waals surface area (Å²) in [6.45, 7) is 1.89. The molecule has 4 aromatic rings. The van der Waals surface area contributed by atoms with Gasteiger partial charge in [0.2, 0.25) is 5.91 Å². The van der Waals surface area contributed by atoms with E-state index in [1.165, 1.54) is 0 Å². The quantitative estimate of drug-likeness (QED) is 0.452. The Hall–Kier alpha value is -4.26. The van der Waals surface area contributed by atoms with Gasteiger partial charge in [0.05, 0.1) is 22.2 Å². The fourth-order valence-electron chi connectivity index (χ4n) is 4.42. The molecular weight excluding hydrogens is 428 g/mol. The number of para-hydroxylation sites is 2. The maximum Gasteiger partial charge on any atom is 0.261 e. The monoisotopic (exact) mass is 452 g/mol. The summed E-state index contributed by atoms with van der Waals surface area (Å²) in [7, 11) is 1.92. The molecule has 1 aromatic heterocycles. The lowest BCUT2D eigenvalue weighted by molar-refractivity contribution is -0.121. The number of carbonyl (C=O) groups is 3. The average molecular weight is 453 g/mol. The number of hydrogen-bond donors (Lipinski definition) is 1. The Morgan fingerprint density at radius 2 is 1.65 bits per heavy atom. The van der Waals surface area contributed by atoms with Crippen molar-refractivity contribution < 1.29 is 14.4 Å². The fourth-order valence-corrected chi connectivity index (χ4v) is 4.42. The lowest BCUT2D eigenvalue weighted by Crippen LogP contribution is -2.36. The molecule has 3 aromatic carbocycles. The first-order valence-corrected chi connectivity index (χ1v) is 11.2. The molecule has 1 aliphatic rings. The normalized spacial score (nSPS) is 13.9. The highest BCUT2D eigenvalue weighted by Crippen LogP contribution is 2.26. The molecule has 7 nitrogen and oxygen atoms in total. The fraction of sp³-hybridized carbons (Fsp3) is 0.185. The Labute approximate surface area is 197 Å². The summed E-state index contributed by atoms with van der Waals surface area (Å²) in [5.41, 5.74) is 4.40. The second-order valence-corrected chi connectivity index (χ2v) is 8.49. The molecule has 0 saturated heterocycles. The first kappa shape index (κ1) is 21.6. The van der Waals surface area contributed by atoms with E-state index in [-0.39, 0.29) is 30.7 Å². The molecule has 0 fully saturated rings. The van der Waals surface area contributed by atoms with Crippen molar-refractivity contribution in [1.82, 2.24) is 19.8 Å². The van der Waals surface area contributed by atoms with Crippen molar-refractivity contribution in [2.45, 2.75) is 19.4 Å². The van der Waals surface area contributed by atoms with Crippen LogP contribution >= 0.6 is 0 Å². The Morgan fingerprint density at radius 1 is 0.941 bits per heavy atom. The summed E-state index contributed by atoms with van der Waals surface area (Å²) in [6.07, 6.45) is -0.00225. The van der Waals surface area contributed by atoms with Gasteiger partial charge in [-0.05, 0) is 36.8 Å². The molecule has 5 rings (SSSR count). The molecule has 0 radical (unpaired) electrons. The first-order chi connectivity index (χ1) is 16.4. The highest BCUT2D eigenvalue weighted by atomic mass is 16.2. The van der Waals surface area contributed by atoms with Crippen molar-refractivity contribution in [2.75, 3.05) is 6.54 Å². The summed E-state index contributed by atoms with van der Waals surface area (Å²) < 4.78 is 1.97. The van der Waals surface area contributed by atoms with Crippen LogP contribution in [0, 0.1) is 6.92 Å². The molecule has 0 saturated carbocycles. The van der Waals surface area contributed by atoms with Crippen LogP contribution in [0.1, 0.15) is 50.1 Å². The van der Waals surface area contributed by atoms with Gasteiger partial charge in [-0.3, -0.25) is 19.3 Å². The maximum absolute atomic E-state index is 13.0. The predicted octanol–water partition coefficient (Wildman–Crippen LogP) is 3.77. The van der Waals surface area contributed by atoms with Crippen LogP contribution in [-0.2, 0) is 11.8 Å². The van der Waals surface area contributed by atoms with E-state index in [2.05, 4.69) is 5.32 Å². The molecule has 1 atom stereocenters. The average Bonchev–Trinajstić information content (AvgIpc) is 3.30. The smallest absolute Gasteiger partial charge is 0.261 e. The molecule has 3 amide bonds. The van der Waals surface area contributed by atoms with Gasteiger partial charge in [-0.15, -0.1) is 0 Å². The highest BCUT2D eigenvalue weighted by Gasteiger charge is 2.35. The van der Waals surface area contributed by atoms with Crippen molar-refractivity contribution in [3.63, 3.8) is 0 Å². The SMILES string of the molecule is Cc1ccc2c(c1)C(=O)N(CCC(=O)NC(c1ccccc1)c1nc3ccccc3n1C)C2=O. The lowest BCUT2D eigenvalue weighted by Gasteiger charge is -2.20. The van der Waals surface area contributed by atoms with Gasteiger partial charge >= 0.3 is 0 Å². The minimum atomic E-state index is -0.476. The zero-order valence-electron chi connectivity index (χ0n) is 19.0. The number of benzene rings is 3. The molecule has 0 bridgehead atoms. The summed E-state index contributed by atoms with van der Waals surface area (Å²) in [6, 6.07) is 22.1. The van der Waals surface area contributed by atoms with Crippen LogP contribution in [0.15, 0.2) is 72.8 Å². The van der Waals surface area contributed by atoms with Gasteiger partial charge in [0, 0.05) is 20.0 Å². The molecule has 1 N–H and O–H groups in total. The minimum Gasteiger partial charge on any atom is -0.342 e. The van der Waals surface area contributed by atoms with E-state index < -0.39 is 6.04 Å². The van der Waals surface area contributed by atoms with Gasteiger partial charge in [-0.25, -0.2) is 4.98 Å². The molecule has 1 unspecified atom stereocenters. The predicted molar refractivity (Wildman–Crippen MR) is 128 cm³/mol. The molecule has 2 heterocycles. The number of nitrogens with one attached hydrogen (secondary N) is 1.